The van der Waals surface area contributed by atoms with Crippen LogP contribution in [0.1, 0.15) is 46.1 Å². The van der Waals surface area contributed by atoms with Crippen molar-refractivity contribution >= 4 is 0 Å². The molecule has 2 aliphatic heterocycles. The van der Waals surface area contributed by atoms with Crippen molar-refractivity contribution in [3.05, 3.63) is 48.3 Å². The van der Waals surface area contributed by atoms with E-state index in [1.807, 2.05) is 18.5 Å². The first-order valence-corrected chi connectivity index (χ1v) is 10.5. The molecule has 0 amide bonds. The smallest absolute Gasteiger partial charge is 0.225 e. The van der Waals surface area contributed by atoms with Crippen LogP contribution < -0.4 is 14.8 Å². The Hall–Kier alpha value is -2.86. The summed E-state index contributed by atoms with van der Waals surface area (Å²) < 4.78 is 12.3. The highest BCUT2D eigenvalue weighted by Crippen LogP contribution is 2.39. The molecule has 2 N–H and O–H groups in total. The summed E-state index contributed by atoms with van der Waals surface area (Å²) in [6.45, 7) is 9.40. The van der Waals surface area contributed by atoms with Crippen molar-refractivity contribution in [1.82, 2.24) is 20.5 Å². The van der Waals surface area contributed by atoms with Crippen LogP contribution in [0.25, 0.3) is 22.3 Å². The lowest BCUT2D eigenvalue weighted by molar-refractivity contribution is 0.0525. The van der Waals surface area contributed by atoms with Gasteiger partial charge in [-0.05, 0) is 56.5 Å². The van der Waals surface area contributed by atoms with E-state index < -0.39 is 0 Å². The van der Waals surface area contributed by atoms with Gasteiger partial charge < -0.3 is 14.8 Å². The number of nitrogens with one attached hydrogen (secondary N) is 2. The molecule has 1 aromatic carbocycles. The minimum Gasteiger partial charge on any atom is -0.474 e. The van der Waals surface area contributed by atoms with Gasteiger partial charge >= 0.3 is 0 Å². The van der Waals surface area contributed by atoms with E-state index in [1.165, 1.54) is 0 Å². The highest BCUT2D eigenvalue weighted by Gasteiger charge is 2.39. The van der Waals surface area contributed by atoms with Crippen LogP contribution >= 0.6 is 0 Å². The first kappa shape index (κ1) is 19.1. The summed E-state index contributed by atoms with van der Waals surface area (Å²) in [7, 11) is 0. The fraction of sp³-hybridized carbons (Fsp3) is 0.417. The molecule has 2 aliphatic rings. The predicted molar refractivity (Wildman–Crippen MR) is 117 cm³/mol. The number of pyridine rings is 1. The van der Waals surface area contributed by atoms with E-state index in [2.05, 4.69) is 67.5 Å². The number of hydrogen-bond donors (Lipinski definition) is 2. The van der Waals surface area contributed by atoms with Crippen molar-refractivity contribution in [2.24, 2.45) is 0 Å². The van der Waals surface area contributed by atoms with E-state index in [0.29, 0.717) is 18.4 Å². The molecule has 0 unspecified atom stereocenters. The van der Waals surface area contributed by atoms with Gasteiger partial charge in [0, 0.05) is 47.3 Å². The lowest BCUT2D eigenvalue weighted by atomic mass is 9.81. The molecule has 6 nitrogen and oxygen atoms in total. The van der Waals surface area contributed by atoms with Gasteiger partial charge in [-0.3, -0.25) is 5.10 Å². The number of piperidine rings is 1. The molecule has 1 saturated heterocycles. The molecule has 3 aromatic rings. The zero-order chi connectivity index (χ0) is 20.9. The van der Waals surface area contributed by atoms with Crippen LogP contribution in [-0.2, 0) is 6.61 Å². The number of fused-ring (bicyclic) bond motifs is 3. The van der Waals surface area contributed by atoms with E-state index >= 15 is 0 Å². The van der Waals surface area contributed by atoms with Crippen LogP contribution in [0.3, 0.4) is 0 Å². The zero-order valence-corrected chi connectivity index (χ0v) is 18.0. The molecular formula is C24H28N4O2. The van der Waals surface area contributed by atoms with Gasteiger partial charge in [0.15, 0.2) is 0 Å². The average Bonchev–Trinajstić information content (AvgIpc) is 3.19. The molecule has 0 saturated carbocycles. The summed E-state index contributed by atoms with van der Waals surface area (Å²) in [4.78, 5) is 4.69. The van der Waals surface area contributed by atoms with Crippen molar-refractivity contribution in [3.8, 4) is 34.0 Å². The van der Waals surface area contributed by atoms with Crippen molar-refractivity contribution in [3.63, 3.8) is 0 Å². The van der Waals surface area contributed by atoms with Gasteiger partial charge in [0.2, 0.25) is 11.8 Å². The summed E-state index contributed by atoms with van der Waals surface area (Å²) in [5.74, 6) is 1.27. The topological polar surface area (TPSA) is 72.1 Å². The van der Waals surface area contributed by atoms with Gasteiger partial charge in [-0.2, -0.15) is 10.1 Å². The molecule has 4 heterocycles. The van der Waals surface area contributed by atoms with E-state index in [9.17, 15) is 0 Å². The van der Waals surface area contributed by atoms with E-state index in [-0.39, 0.29) is 17.2 Å². The normalized spacial score (nSPS) is 19.5. The summed E-state index contributed by atoms with van der Waals surface area (Å²) >= 11 is 0. The number of ether oxygens (including phenoxy) is 2. The van der Waals surface area contributed by atoms with Gasteiger partial charge in [0.05, 0.1) is 6.20 Å². The number of rotatable bonds is 3. The molecule has 5 rings (SSSR count). The Bertz CT molecular complexity index is 1060. The zero-order valence-electron chi connectivity index (χ0n) is 18.0. The maximum absolute atomic E-state index is 6.31. The fourth-order valence-electron chi connectivity index (χ4n) is 5.00. The maximum atomic E-state index is 6.31. The molecule has 0 spiro atoms. The van der Waals surface area contributed by atoms with E-state index in [4.69, 9.17) is 14.5 Å². The van der Waals surface area contributed by atoms with Crippen LogP contribution in [0.15, 0.2) is 42.7 Å². The molecule has 2 aromatic heterocycles. The number of H-pyrrole nitrogens is 1. The average molecular weight is 405 g/mol. The largest absolute Gasteiger partial charge is 0.474 e. The molecule has 0 bridgehead atoms. The van der Waals surface area contributed by atoms with E-state index in [0.717, 1.165) is 40.7 Å². The van der Waals surface area contributed by atoms with Crippen molar-refractivity contribution < 1.29 is 9.47 Å². The number of aromatic amines is 1. The van der Waals surface area contributed by atoms with Crippen LogP contribution in [0.2, 0.25) is 0 Å². The van der Waals surface area contributed by atoms with Gasteiger partial charge in [0.1, 0.15) is 12.7 Å². The Morgan fingerprint density at radius 3 is 2.50 bits per heavy atom. The second kappa shape index (κ2) is 6.84. The van der Waals surface area contributed by atoms with Crippen LogP contribution in [-0.4, -0.2) is 32.4 Å². The van der Waals surface area contributed by atoms with Crippen molar-refractivity contribution in [2.75, 3.05) is 0 Å². The quantitative estimate of drug-likeness (QED) is 0.661. The second-order valence-corrected chi connectivity index (χ2v) is 9.69. The highest BCUT2D eigenvalue weighted by atomic mass is 16.5. The summed E-state index contributed by atoms with van der Waals surface area (Å²) in [6, 6.07) is 10.4. The standard InChI is InChI=1S/C24H28N4O2/c1-23(2)10-18(11-24(3,4)28-23)30-21-8-7-20-19-6-5-15(17-12-25-26-13-17)9-16(19)14-29-22(20)27-21/h5-9,12-13,18,28H,10-11,14H2,1-4H3,(H,25,26). The van der Waals surface area contributed by atoms with E-state index in [1.54, 1.807) is 0 Å². The molecule has 1 fully saturated rings. The van der Waals surface area contributed by atoms with Crippen LogP contribution in [0, 0.1) is 0 Å². The number of benzene rings is 1. The first-order chi connectivity index (χ1) is 14.3. The van der Waals surface area contributed by atoms with Crippen molar-refractivity contribution in [2.45, 2.75) is 64.3 Å². The molecule has 0 radical (unpaired) electrons. The lowest BCUT2D eigenvalue weighted by Crippen LogP contribution is -2.60. The third-order valence-corrected chi connectivity index (χ3v) is 5.87. The molecule has 0 aliphatic carbocycles. The summed E-state index contributed by atoms with van der Waals surface area (Å²) in [5, 5.41) is 10.6. The maximum Gasteiger partial charge on any atom is 0.225 e. The van der Waals surface area contributed by atoms with Gasteiger partial charge in [0.25, 0.3) is 0 Å². The molecular weight excluding hydrogens is 376 g/mol. The van der Waals surface area contributed by atoms with Crippen LogP contribution in [0.4, 0.5) is 0 Å². The number of nitrogens with zero attached hydrogens (tertiary/aromatic N) is 2. The molecule has 156 valence electrons. The molecule has 30 heavy (non-hydrogen) atoms. The number of hydrogen-bond acceptors (Lipinski definition) is 5. The molecule has 6 heteroatoms. The van der Waals surface area contributed by atoms with Gasteiger partial charge in [-0.25, -0.2) is 0 Å². The Morgan fingerprint density at radius 2 is 1.77 bits per heavy atom. The monoisotopic (exact) mass is 404 g/mol. The van der Waals surface area contributed by atoms with Gasteiger partial charge in [-0.15, -0.1) is 0 Å². The Morgan fingerprint density at radius 1 is 1.00 bits per heavy atom. The second-order valence-electron chi connectivity index (χ2n) is 9.69. The minimum absolute atomic E-state index is 0.0305. The number of aromatic nitrogens is 3. The Kier molecular flexibility index (Phi) is 4.36. The molecule has 0 atom stereocenters. The van der Waals surface area contributed by atoms with Crippen LogP contribution in [0.5, 0.6) is 11.8 Å². The van der Waals surface area contributed by atoms with Gasteiger partial charge in [-0.1, -0.05) is 12.1 Å². The third-order valence-electron chi connectivity index (χ3n) is 5.87. The Balaban J connectivity index is 1.39. The highest BCUT2D eigenvalue weighted by molar-refractivity contribution is 5.77. The SMILES string of the molecule is CC1(C)CC(Oc2ccc3c(n2)OCc2cc(-c4cn[nH]c4)ccc2-3)CC(C)(C)N1. The predicted octanol–water partition coefficient (Wildman–Crippen LogP) is 4.72. The third kappa shape index (κ3) is 3.67. The summed E-state index contributed by atoms with van der Waals surface area (Å²) in [5.41, 5.74) is 5.57. The summed E-state index contributed by atoms with van der Waals surface area (Å²) in [6.07, 6.45) is 5.72. The van der Waals surface area contributed by atoms with Crippen molar-refractivity contribution in [1.29, 1.82) is 0 Å². The fourth-order valence-corrected chi connectivity index (χ4v) is 5.00. The lowest BCUT2D eigenvalue weighted by Gasteiger charge is -2.46. The first-order valence-electron chi connectivity index (χ1n) is 10.5. The minimum atomic E-state index is 0.0305. The Labute approximate surface area is 177 Å².